The van der Waals surface area contributed by atoms with E-state index in [0.29, 0.717) is 35.5 Å². The molecular weight excluding hydrogens is 364 g/mol. The summed E-state index contributed by atoms with van der Waals surface area (Å²) in [5.74, 6) is 0.825. The van der Waals surface area contributed by atoms with Crippen LogP contribution >= 0.6 is 11.3 Å². The molecule has 0 spiro atoms. The zero-order chi connectivity index (χ0) is 18.4. The number of carbonyl (C=O) groups is 1. The minimum absolute atomic E-state index is 0.171. The first kappa shape index (κ1) is 16.2. The topological polar surface area (TPSA) is 93.0 Å². The molecule has 5 rings (SSSR count). The number of thiophene rings is 1. The lowest BCUT2D eigenvalue weighted by molar-refractivity contribution is 0.102. The number of ether oxygens (including phenoxy) is 1. The van der Waals surface area contributed by atoms with Gasteiger partial charge in [-0.1, -0.05) is 5.16 Å². The Hall–Kier alpha value is -2.97. The molecule has 8 heteroatoms. The molecule has 3 aromatic heterocycles. The van der Waals surface area contributed by atoms with Gasteiger partial charge in [0.2, 0.25) is 0 Å². The number of aromatic amines is 1. The molecule has 136 valence electrons. The molecule has 1 aliphatic heterocycles. The lowest BCUT2D eigenvalue weighted by atomic mass is 10.1. The molecule has 2 N–H and O–H groups in total. The van der Waals surface area contributed by atoms with Gasteiger partial charge in [0.25, 0.3) is 11.8 Å². The van der Waals surface area contributed by atoms with Gasteiger partial charge in [-0.25, -0.2) is 0 Å². The van der Waals surface area contributed by atoms with Crippen LogP contribution in [0.3, 0.4) is 0 Å². The number of nitrogens with zero attached hydrogens (tertiary/aromatic N) is 2. The number of nitrogens with one attached hydrogen (secondary N) is 2. The van der Waals surface area contributed by atoms with E-state index in [1.807, 2.05) is 24.4 Å². The number of aromatic nitrogens is 3. The Labute approximate surface area is 158 Å². The van der Waals surface area contributed by atoms with Crippen molar-refractivity contribution < 1.29 is 14.1 Å². The first-order valence-electron chi connectivity index (χ1n) is 8.60. The summed E-state index contributed by atoms with van der Waals surface area (Å²) in [7, 11) is 0. The lowest BCUT2D eigenvalue weighted by Crippen LogP contribution is -2.12. The molecule has 0 unspecified atom stereocenters. The van der Waals surface area contributed by atoms with Gasteiger partial charge in [0.1, 0.15) is 5.00 Å². The van der Waals surface area contributed by atoms with Crippen molar-refractivity contribution in [1.29, 1.82) is 0 Å². The van der Waals surface area contributed by atoms with Gasteiger partial charge in [0.15, 0.2) is 5.82 Å². The molecule has 1 aromatic carbocycles. The van der Waals surface area contributed by atoms with Crippen molar-refractivity contribution in [3.8, 4) is 11.5 Å². The van der Waals surface area contributed by atoms with Crippen LogP contribution in [0.2, 0.25) is 0 Å². The quantitative estimate of drug-likeness (QED) is 0.562. The second-order valence-corrected chi connectivity index (χ2v) is 7.50. The van der Waals surface area contributed by atoms with Gasteiger partial charge in [0, 0.05) is 27.5 Å². The van der Waals surface area contributed by atoms with Crippen LogP contribution in [-0.4, -0.2) is 27.6 Å². The Kier molecular flexibility index (Phi) is 3.80. The number of hydrogen-bond acceptors (Lipinski definition) is 6. The van der Waals surface area contributed by atoms with Crippen LogP contribution < -0.4 is 5.32 Å². The molecule has 0 radical (unpaired) electrons. The fourth-order valence-corrected chi connectivity index (χ4v) is 4.49. The van der Waals surface area contributed by atoms with E-state index < -0.39 is 0 Å². The highest BCUT2D eigenvalue weighted by atomic mass is 32.1. The monoisotopic (exact) mass is 380 g/mol. The third kappa shape index (κ3) is 2.83. The first-order chi connectivity index (χ1) is 13.2. The summed E-state index contributed by atoms with van der Waals surface area (Å²) < 4.78 is 11.0. The molecule has 1 amide bonds. The van der Waals surface area contributed by atoms with E-state index in [2.05, 4.69) is 20.4 Å². The van der Waals surface area contributed by atoms with E-state index >= 15 is 0 Å². The summed E-state index contributed by atoms with van der Waals surface area (Å²) in [5.41, 5.74) is 3.52. The first-order valence-corrected chi connectivity index (χ1v) is 9.42. The molecule has 0 saturated heterocycles. The van der Waals surface area contributed by atoms with Gasteiger partial charge >= 0.3 is 0 Å². The molecule has 4 heterocycles. The van der Waals surface area contributed by atoms with Crippen LogP contribution in [0.1, 0.15) is 26.6 Å². The van der Waals surface area contributed by atoms with Crippen molar-refractivity contribution in [2.45, 2.75) is 20.0 Å². The molecule has 0 fully saturated rings. The van der Waals surface area contributed by atoms with Crippen molar-refractivity contribution in [2.24, 2.45) is 0 Å². The highest BCUT2D eigenvalue weighted by Crippen LogP contribution is 2.42. The van der Waals surface area contributed by atoms with Crippen molar-refractivity contribution in [1.82, 2.24) is 15.1 Å². The third-order valence-corrected chi connectivity index (χ3v) is 5.73. The standard InChI is InChI=1S/C19H16N4O3S/c1-10-21-18(26-23-10)16-13-5-7-25-9-15(13)27-19(16)22-17(24)12-2-3-14-11(8-12)4-6-20-14/h2-4,6,8,20H,5,7,9H2,1H3,(H,22,24). The van der Waals surface area contributed by atoms with Crippen molar-refractivity contribution >= 4 is 33.1 Å². The van der Waals surface area contributed by atoms with Crippen LogP contribution in [0.15, 0.2) is 35.0 Å². The lowest BCUT2D eigenvalue weighted by Gasteiger charge is -2.12. The molecular formula is C19H16N4O3S. The number of amides is 1. The number of fused-ring (bicyclic) bond motifs is 2. The predicted molar refractivity (Wildman–Crippen MR) is 102 cm³/mol. The summed E-state index contributed by atoms with van der Waals surface area (Å²) in [6.45, 7) is 2.95. The minimum atomic E-state index is -0.171. The van der Waals surface area contributed by atoms with Gasteiger partial charge in [0.05, 0.1) is 18.8 Å². The second-order valence-electron chi connectivity index (χ2n) is 6.39. The number of hydrogen-bond donors (Lipinski definition) is 2. The Morgan fingerprint density at radius 2 is 2.26 bits per heavy atom. The van der Waals surface area contributed by atoms with E-state index in [1.165, 1.54) is 11.3 Å². The van der Waals surface area contributed by atoms with Crippen LogP contribution in [0.4, 0.5) is 5.00 Å². The number of rotatable bonds is 3. The minimum Gasteiger partial charge on any atom is -0.376 e. The second kappa shape index (κ2) is 6.33. The van der Waals surface area contributed by atoms with E-state index in [-0.39, 0.29) is 5.91 Å². The van der Waals surface area contributed by atoms with E-state index in [0.717, 1.165) is 33.3 Å². The molecule has 0 aliphatic carbocycles. The van der Waals surface area contributed by atoms with E-state index in [1.54, 1.807) is 13.0 Å². The fourth-order valence-electron chi connectivity index (χ4n) is 3.32. The van der Waals surface area contributed by atoms with Crippen molar-refractivity contribution in [3.63, 3.8) is 0 Å². The summed E-state index contributed by atoms with van der Waals surface area (Å²) in [4.78, 5) is 21.5. The molecule has 27 heavy (non-hydrogen) atoms. The highest BCUT2D eigenvalue weighted by molar-refractivity contribution is 7.17. The summed E-state index contributed by atoms with van der Waals surface area (Å²) >= 11 is 1.50. The average Bonchev–Trinajstić information content (AvgIpc) is 3.38. The number of benzene rings is 1. The van der Waals surface area contributed by atoms with Crippen LogP contribution in [0.25, 0.3) is 22.4 Å². The maximum absolute atomic E-state index is 12.9. The van der Waals surface area contributed by atoms with Crippen molar-refractivity contribution in [2.75, 3.05) is 11.9 Å². The molecule has 4 aromatic rings. The van der Waals surface area contributed by atoms with Gasteiger partial charge in [-0.15, -0.1) is 11.3 Å². The molecule has 0 bridgehead atoms. The molecule has 1 aliphatic rings. The zero-order valence-electron chi connectivity index (χ0n) is 14.5. The molecule has 7 nitrogen and oxygen atoms in total. The smallest absolute Gasteiger partial charge is 0.261 e. The summed E-state index contributed by atoms with van der Waals surface area (Å²) in [6.07, 6.45) is 2.61. The van der Waals surface area contributed by atoms with Gasteiger partial charge < -0.3 is 19.6 Å². The normalized spacial score (nSPS) is 13.7. The Morgan fingerprint density at radius 3 is 3.11 bits per heavy atom. The Balaban J connectivity index is 1.54. The maximum Gasteiger partial charge on any atom is 0.261 e. The zero-order valence-corrected chi connectivity index (χ0v) is 15.4. The van der Waals surface area contributed by atoms with E-state index in [9.17, 15) is 4.79 Å². The van der Waals surface area contributed by atoms with Gasteiger partial charge in [-0.05, 0) is 43.2 Å². The Bertz CT molecular complexity index is 1160. The Morgan fingerprint density at radius 1 is 1.33 bits per heavy atom. The third-order valence-electron chi connectivity index (χ3n) is 4.60. The summed E-state index contributed by atoms with van der Waals surface area (Å²) in [5, 5.41) is 8.64. The number of anilines is 1. The molecule has 0 atom stereocenters. The van der Waals surface area contributed by atoms with Crippen LogP contribution in [0, 0.1) is 6.92 Å². The summed E-state index contributed by atoms with van der Waals surface area (Å²) in [6, 6.07) is 7.52. The largest absolute Gasteiger partial charge is 0.376 e. The van der Waals surface area contributed by atoms with E-state index in [4.69, 9.17) is 9.26 Å². The van der Waals surface area contributed by atoms with Crippen LogP contribution in [-0.2, 0) is 17.8 Å². The van der Waals surface area contributed by atoms with Crippen molar-refractivity contribution in [3.05, 3.63) is 52.3 Å². The number of aryl methyl sites for hydroxylation is 1. The van der Waals surface area contributed by atoms with Gasteiger partial charge in [-0.3, -0.25) is 4.79 Å². The molecule has 0 saturated carbocycles. The predicted octanol–water partition coefficient (Wildman–Crippen LogP) is 3.91. The fraction of sp³-hybridized carbons (Fsp3) is 0.211. The van der Waals surface area contributed by atoms with Gasteiger partial charge in [-0.2, -0.15) is 4.98 Å². The number of carbonyl (C=O) groups excluding carboxylic acids is 1. The van der Waals surface area contributed by atoms with Crippen LogP contribution in [0.5, 0.6) is 0 Å². The average molecular weight is 380 g/mol. The maximum atomic E-state index is 12.9. The number of H-pyrrole nitrogens is 1. The highest BCUT2D eigenvalue weighted by Gasteiger charge is 2.27. The SMILES string of the molecule is Cc1noc(-c2c(NC(=O)c3ccc4[nH]ccc4c3)sc3c2CCOC3)n1.